The number of benzene rings is 1. The Morgan fingerprint density at radius 1 is 1.32 bits per heavy atom. The number of carbonyl (C=O) groups is 1. The van der Waals surface area contributed by atoms with Crippen LogP contribution in [0.2, 0.25) is 0 Å². The van der Waals surface area contributed by atoms with Crippen LogP contribution >= 0.6 is 0 Å². The fourth-order valence-electron chi connectivity index (χ4n) is 3.27. The SMILES string of the molecule is CCOc1ccc(-c2cn(C3CN(C(=O)[C@H]4CCOC4)C3)nn2)cc1. The Morgan fingerprint density at radius 3 is 2.80 bits per heavy atom. The fourth-order valence-corrected chi connectivity index (χ4v) is 3.27. The number of amides is 1. The normalized spacial score (nSPS) is 20.5. The number of hydrogen-bond donors (Lipinski definition) is 0. The quantitative estimate of drug-likeness (QED) is 0.828. The lowest BCUT2D eigenvalue weighted by molar-refractivity contribution is -0.141. The Kier molecular flexibility index (Phi) is 4.40. The lowest BCUT2D eigenvalue weighted by Gasteiger charge is -2.40. The number of aromatic nitrogens is 3. The highest BCUT2D eigenvalue weighted by molar-refractivity contribution is 5.80. The van der Waals surface area contributed by atoms with Crippen LogP contribution in [-0.2, 0) is 9.53 Å². The van der Waals surface area contributed by atoms with E-state index in [1.807, 2.05) is 47.0 Å². The van der Waals surface area contributed by atoms with Crippen molar-refractivity contribution in [3.8, 4) is 17.0 Å². The average Bonchev–Trinajstić information content (AvgIpc) is 3.26. The molecule has 2 aromatic rings. The van der Waals surface area contributed by atoms with Gasteiger partial charge in [-0.25, -0.2) is 4.68 Å². The highest BCUT2D eigenvalue weighted by Crippen LogP contribution is 2.27. The van der Waals surface area contributed by atoms with Crippen molar-refractivity contribution in [2.24, 2.45) is 5.92 Å². The number of nitrogens with zero attached hydrogens (tertiary/aromatic N) is 4. The van der Waals surface area contributed by atoms with Gasteiger partial charge in [-0.1, -0.05) is 5.21 Å². The summed E-state index contributed by atoms with van der Waals surface area (Å²) in [6.07, 6.45) is 2.78. The predicted molar refractivity (Wildman–Crippen MR) is 91.2 cm³/mol. The van der Waals surface area contributed by atoms with Crippen molar-refractivity contribution in [2.45, 2.75) is 19.4 Å². The zero-order valence-corrected chi connectivity index (χ0v) is 14.3. The van der Waals surface area contributed by atoms with E-state index in [2.05, 4.69) is 10.3 Å². The average molecular weight is 342 g/mol. The molecule has 0 aliphatic carbocycles. The largest absolute Gasteiger partial charge is 0.494 e. The highest BCUT2D eigenvalue weighted by Gasteiger charge is 2.37. The topological polar surface area (TPSA) is 69.5 Å². The van der Waals surface area contributed by atoms with Gasteiger partial charge < -0.3 is 14.4 Å². The molecule has 2 aliphatic heterocycles. The molecule has 3 heterocycles. The first kappa shape index (κ1) is 16.1. The van der Waals surface area contributed by atoms with Gasteiger partial charge in [0.25, 0.3) is 0 Å². The van der Waals surface area contributed by atoms with Gasteiger partial charge in [-0.2, -0.15) is 0 Å². The van der Waals surface area contributed by atoms with Gasteiger partial charge >= 0.3 is 0 Å². The third kappa shape index (κ3) is 3.24. The summed E-state index contributed by atoms with van der Waals surface area (Å²) in [5, 5.41) is 8.50. The van der Waals surface area contributed by atoms with E-state index in [1.54, 1.807) is 0 Å². The fraction of sp³-hybridized carbons (Fsp3) is 0.500. The van der Waals surface area contributed by atoms with E-state index in [9.17, 15) is 4.79 Å². The lowest BCUT2D eigenvalue weighted by Crippen LogP contribution is -2.52. The summed E-state index contributed by atoms with van der Waals surface area (Å²) < 4.78 is 12.6. The molecule has 0 radical (unpaired) electrons. The number of ether oxygens (including phenoxy) is 2. The molecule has 0 spiro atoms. The molecule has 7 heteroatoms. The van der Waals surface area contributed by atoms with Crippen molar-refractivity contribution >= 4 is 5.91 Å². The molecule has 4 rings (SSSR count). The first-order valence-electron chi connectivity index (χ1n) is 8.76. The summed E-state index contributed by atoms with van der Waals surface area (Å²) in [6.45, 7) is 5.27. The smallest absolute Gasteiger partial charge is 0.228 e. The van der Waals surface area contributed by atoms with Crippen molar-refractivity contribution < 1.29 is 14.3 Å². The summed E-state index contributed by atoms with van der Waals surface area (Å²) in [6, 6.07) is 8.04. The minimum Gasteiger partial charge on any atom is -0.494 e. The van der Waals surface area contributed by atoms with Gasteiger partial charge in [0.15, 0.2) is 0 Å². The Labute approximate surface area is 146 Å². The van der Waals surface area contributed by atoms with Crippen LogP contribution in [0.4, 0.5) is 0 Å². The molecular formula is C18H22N4O3. The second-order valence-corrected chi connectivity index (χ2v) is 6.50. The van der Waals surface area contributed by atoms with Gasteiger partial charge in [0.2, 0.25) is 5.91 Å². The zero-order chi connectivity index (χ0) is 17.2. The van der Waals surface area contributed by atoms with Crippen molar-refractivity contribution in [1.82, 2.24) is 19.9 Å². The summed E-state index contributed by atoms with van der Waals surface area (Å²) in [7, 11) is 0. The van der Waals surface area contributed by atoms with E-state index >= 15 is 0 Å². The van der Waals surface area contributed by atoms with Gasteiger partial charge in [-0.15, -0.1) is 5.10 Å². The molecule has 25 heavy (non-hydrogen) atoms. The molecule has 2 fully saturated rings. The molecule has 0 bridgehead atoms. The monoisotopic (exact) mass is 342 g/mol. The van der Waals surface area contributed by atoms with Crippen molar-refractivity contribution in [3.63, 3.8) is 0 Å². The molecule has 132 valence electrons. The van der Waals surface area contributed by atoms with Crippen molar-refractivity contribution in [2.75, 3.05) is 32.9 Å². The van der Waals surface area contributed by atoms with Gasteiger partial charge in [0.05, 0.1) is 31.4 Å². The summed E-state index contributed by atoms with van der Waals surface area (Å²) >= 11 is 0. The molecule has 0 N–H and O–H groups in total. The second kappa shape index (κ2) is 6.84. The maximum Gasteiger partial charge on any atom is 0.228 e. The van der Waals surface area contributed by atoms with Crippen LogP contribution in [0.1, 0.15) is 19.4 Å². The molecule has 1 aromatic heterocycles. The van der Waals surface area contributed by atoms with Gasteiger partial charge in [0, 0.05) is 25.3 Å². The third-order valence-corrected chi connectivity index (χ3v) is 4.80. The lowest BCUT2D eigenvalue weighted by atomic mass is 10.0. The number of rotatable bonds is 5. The molecule has 0 unspecified atom stereocenters. The van der Waals surface area contributed by atoms with Crippen molar-refractivity contribution in [3.05, 3.63) is 30.5 Å². The van der Waals surface area contributed by atoms with E-state index in [0.29, 0.717) is 32.9 Å². The molecule has 1 aromatic carbocycles. The number of hydrogen-bond acceptors (Lipinski definition) is 5. The molecule has 0 saturated carbocycles. The minimum atomic E-state index is 0.0381. The highest BCUT2D eigenvalue weighted by atomic mass is 16.5. The molecular weight excluding hydrogens is 320 g/mol. The maximum absolute atomic E-state index is 12.3. The van der Waals surface area contributed by atoms with E-state index in [1.165, 1.54) is 0 Å². The van der Waals surface area contributed by atoms with Gasteiger partial charge in [-0.3, -0.25) is 4.79 Å². The van der Waals surface area contributed by atoms with Crippen LogP contribution in [0.15, 0.2) is 30.5 Å². The molecule has 1 amide bonds. The predicted octanol–water partition coefficient (Wildman–Crippen LogP) is 1.76. The molecule has 7 nitrogen and oxygen atoms in total. The van der Waals surface area contributed by atoms with Crippen LogP contribution in [0.25, 0.3) is 11.3 Å². The summed E-state index contributed by atoms with van der Waals surface area (Å²) in [5.74, 6) is 1.10. The summed E-state index contributed by atoms with van der Waals surface area (Å²) in [5.41, 5.74) is 1.84. The molecule has 2 aliphatic rings. The van der Waals surface area contributed by atoms with Crippen LogP contribution in [0.5, 0.6) is 5.75 Å². The minimum absolute atomic E-state index is 0.0381. The third-order valence-electron chi connectivity index (χ3n) is 4.80. The van der Waals surface area contributed by atoms with E-state index in [0.717, 1.165) is 23.4 Å². The molecule has 2 saturated heterocycles. The van der Waals surface area contributed by atoms with E-state index in [-0.39, 0.29) is 17.9 Å². The first-order valence-corrected chi connectivity index (χ1v) is 8.76. The van der Waals surface area contributed by atoms with Crippen LogP contribution in [-0.4, -0.2) is 58.7 Å². The second-order valence-electron chi connectivity index (χ2n) is 6.50. The Morgan fingerprint density at radius 2 is 2.12 bits per heavy atom. The maximum atomic E-state index is 12.3. The van der Waals surface area contributed by atoms with E-state index < -0.39 is 0 Å². The molecule has 1 atom stereocenters. The first-order chi connectivity index (χ1) is 12.2. The van der Waals surface area contributed by atoms with Gasteiger partial charge in [-0.05, 0) is 37.6 Å². The number of likely N-dealkylation sites (tertiary alicyclic amines) is 1. The Bertz CT molecular complexity index is 731. The zero-order valence-electron chi connectivity index (χ0n) is 14.3. The van der Waals surface area contributed by atoms with Crippen LogP contribution < -0.4 is 4.74 Å². The van der Waals surface area contributed by atoms with Crippen molar-refractivity contribution in [1.29, 1.82) is 0 Å². The van der Waals surface area contributed by atoms with Gasteiger partial charge in [0.1, 0.15) is 11.4 Å². The summed E-state index contributed by atoms with van der Waals surface area (Å²) in [4.78, 5) is 14.2. The van der Waals surface area contributed by atoms with E-state index in [4.69, 9.17) is 9.47 Å². The van der Waals surface area contributed by atoms with Crippen LogP contribution in [0.3, 0.4) is 0 Å². The Balaban J connectivity index is 1.36. The number of carbonyl (C=O) groups excluding carboxylic acids is 1. The van der Waals surface area contributed by atoms with Crippen LogP contribution in [0, 0.1) is 5.92 Å². The Hall–Kier alpha value is -2.41. The standard InChI is InChI=1S/C18H22N4O3/c1-2-25-16-5-3-13(4-6-16)17-11-22(20-19-17)15-9-21(10-15)18(23)14-7-8-24-12-14/h3-6,11,14-15H,2,7-10,12H2,1H3/t14-/m0/s1.